The molecule has 2 aliphatic heterocycles. The molecule has 81 valence electrons. The van der Waals surface area contributed by atoms with E-state index >= 15 is 0 Å². The second-order valence-electron chi connectivity index (χ2n) is 3.13. The molecular weight excluding hydrogens is 215 g/mol. The van der Waals surface area contributed by atoms with Crippen molar-refractivity contribution in [3.8, 4) is 0 Å². The van der Waals surface area contributed by atoms with Gasteiger partial charge in [-0.05, 0) is 0 Å². The normalized spacial score (nSPS) is 53.9. The molecule has 0 amide bonds. The van der Waals surface area contributed by atoms with E-state index in [4.69, 9.17) is 14.7 Å². The van der Waals surface area contributed by atoms with Crippen molar-refractivity contribution in [1.82, 2.24) is 0 Å². The molecular formula is C6H10O7P. The molecule has 2 aliphatic rings. The molecule has 2 heterocycles. The summed E-state index contributed by atoms with van der Waals surface area (Å²) in [5.74, 6) is 0. The molecule has 0 aliphatic carbocycles. The molecule has 0 aromatic rings. The summed E-state index contributed by atoms with van der Waals surface area (Å²) < 4.78 is 25.0. The molecule has 7 nitrogen and oxygen atoms in total. The molecule has 0 spiro atoms. The summed E-state index contributed by atoms with van der Waals surface area (Å²) in [7, 11) is -4.10. The van der Waals surface area contributed by atoms with Gasteiger partial charge in [-0.25, -0.2) is 4.57 Å². The van der Waals surface area contributed by atoms with Crippen LogP contribution in [0.3, 0.4) is 0 Å². The summed E-state index contributed by atoms with van der Waals surface area (Å²) in [4.78, 5) is 8.97. The molecule has 14 heavy (non-hydrogen) atoms. The van der Waals surface area contributed by atoms with E-state index in [1.54, 1.807) is 0 Å². The number of rotatable bonds is 0. The van der Waals surface area contributed by atoms with Crippen molar-refractivity contribution in [2.24, 2.45) is 0 Å². The number of ether oxygens (including phenoxy) is 1. The standard InChI is InChI=1S/C6H10O7P/c7-3-1-11-4-2-12-14(9,10)13-6(4)5(3)8/h1,3-8H,2H2,(H,9,10)/t3-,4+,5+,6+/m0/s1. The molecule has 1 unspecified atom stereocenters. The molecule has 3 N–H and O–H groups in total. The Morgan fingerprint density at radius 3 is 2.86 bits per heavy atom. The summed E-state index contributed by atoms with van der Waals surface area (Å²) in [6, 6.07) is 0. The average molecular weight is 225 g/mol. The fraction of sp³-hybridized carbons (Fsp3) is 0.833. The smallest absolute Gasteiger partial charge is 0.387 e. The highest BCUT2D eigenvalue weighted by Gasteiger charge is 2.48. The van der Waals surface area contributed by atoms with Crippen LogP contribution in [0.15, 0.2) is 0 Å². The van der Waals surface area contributed by atoms with Crippen molar-refractivity contribution >= 4 is 7.82 Å². The van der Waals surface area contributed by atoms with Gasteiger partial charge >= 0.3 is 7.82 Å². The minimum absolute atomic E-state index is 0.154. The Morgan fingerprint density at radius 2 is 2.14 bits per heavy atom. The Labute approximate surface area is 79.8 Å². The highest BCUT2D eigenvalue weighted by Crippen LogP contribution is 2.50. The lowest BCUT2D eigenvalue weighted by atomic mass is 10.0. The van der Waals surface area contributed by atoms with Crippen LogP contribution in [0.5, 0.6) is 0 Å². The second kappa shape index (κ2) is 3.53. The lowest BCUT2D eigenvalue weighted by Gasteiger charge is -2.40. The maximum Gasteiger partial charge on any atom is 0.472 e. The summed E-state index contributed by atoms with van der Waals surface area (Å²) in [5, 5.41) is 18.6. The van der Waals surface area contributed by atoms with Crippen molar-refractivity contribution in [2.75, 3.05) is 6.61 Å². The molecule has 0 aromatic heterocycles. The predicted molar refractivity (Wildman–Crippen MR) is 41.8 cm³/mol. The molecule has 5 atom stereocenters. The van der Waals surface area contributed by atoms with Gasteiger partial charge in [-0.15, -0.1) is 0 Å². The van der Waals surface area contributed by atoms with E-state index in [0.29, 0.717) is 0 Å². The van der Waals surface area contributed by atoms with Crippen molar-refractivity contribution in [2.45, 2.75) is 24.4 Å². The lowest BCUT2D eigenvalue weighted by molar-refractivity contribution is -0.182. The molecule has 0 bridgehead atoms. The number of aliphatic hydroxyl groups excluding tert-OH is 2. The fourth-order valence-electron chi connectivity index (χ4n) is 1.37. The van der Waals surface area contributed by atoms with Crippen LogP contribution in [0.2, 0.25) is 0 Å². The SMILES string of the molecule is O=P1(O)OC[C@H]2O[CH][C@H](O)[C@@H](O)[C@@H]2O1. The van der Waals surface area contributed by atoms with E-state index in [9.17, 15) is 9.67 Å². The van der Waals surface area contributed by atoms with Gasteiger partial charge in [0, 0.05) is 0 Å². The van der Waals surface area contributed by atoms with Crippen LogP contribution in [-0.2, 0) is 18.3 Å². The van der Waals surface area contributed by atoms with Crippen LogP contribution in [0, 0.1) is 6.61 Å². The number of hydrogen-bond acceptors (Lipinski definition) is 6. The summed E-state index contributed by atoms with van der Waals surface area (Å²) in [5.41, 5.74) is 0. The zero-order chi connectivity index (χ0) is 10.3. The van der Waals surface area contributed by atoms with Gasteiger partial charge in [-0.2, -0.15) is 0 Å². The van der Waals surface area contributed by atoms with Gasteiger partial charge in [0.1, 0.15) is 31.0 Å². The molecule has 8 heteroatoms. The van der Waals surface area contributed by atoms with Crippen molar-refractivity contribution < 1.29 is 33.5 Å². The van der Waals surface area contributed by atoms with Gasteiger partial charge in [-0.1, -0.05) is 0 Å². The van der Waals surface area contributed by atoms with Crippen LogP contribution in [0.25, 0.3) is 0 Å². The van der Waals surface area contributed by atoms with Gasteiger partial charge in [0.05, 0.1) is 6.61 Å². The van der Waals surface area contributed by atoms with E-state index in [0.717, 1.165) is 6.61 Å². The van der Waals surface area contributed by atoms with Gasteiger partial charge in [0.15, 0.2) is 0 Å². The van der Waals surface area contributed by atoms with E-state index in [-0.39, 0.29) is 6.61 Å². The monoisotopic (exact) mass is 225 g/mol. The largest absolute Gasteiger partial charge is 0.472 e. The Kier molecular flexibility index (Phi) is 2.65. The third-order valence-electron chi connectivity index (χ3n) is 2.10. The number of phosphoric ester groups is 1. The first-order valence-corrected chi connectivity index (χ1v) is 5.50. The first-order chi connectivity index (χ1) is 6.49. The zero-order valence-corrected chi connectivity index (χ0v) is 7.91. The van der Waals surface area contributed by atoms with E-state index in [1.165, 1.54) is 0 Å². The van der Waals surface area contributed by atoms with Crippen molar-refractivity contribution in [1.29, 1.82) is 0 Å². The van der Waals surface area contributed by atoms with Crippen LogP contribution in [0.1, 0.15) is 0 Å². The van der Waals surface area contributed by atoms with Crippen molar-refractivity contribution in [3.63, 3.8) is 0 Å². The Hall–Kier alpha value is -0.0100. The van der Waals surface area contributed by atoms with Gasteiger partial charge in [0.2, 0.25) is 0 Å². The molecule has 2 fully saturated rings. The van der Waals surface area contributed by atoms with E-state index < -0.39 is 32.2 Å². The molecule has 0 saturated carbocycles. The Morgan fingerprint density at radius 1 is 1.43 bits per heavy atom. The van der Waals surface area contributed by atoms with Crippen LogP contribution in [-0.4, -0.2) is 46.1 Å². The molecule has 1 radical (unpaired) electrons. The van der Waals surface area contributed by atoms with Gasteiger partial charge in [0.25, 0.3) is 0 Å². The highest BCUT2D eigenvalue weighted by molar-refractivity contribution is 7.47. The van der Waals surface area contributed by atoms with Crippen molar-refractivity contribution in [3.05, 3.63) is 6.61 Å². The van der Waals surface area contributed by atoms with E-state index in [1.807, 2.05) is 0 Å². The third kappa shape index (κ3) is 1.85. The molecule has 0 aromatic carbocycles. The quantitative estimate of drug-likeness (QED) is 0.444. The minimum atomic E-state index is -4.10. The van der Waals surface area contributed by atoms with E-state index in [2.05, 4.69) is 9.05 Å². The average Bonchev–Trinajstić information content (AvgIpc) is 2.11. The maximum absolute atomic E-state index is 11.0. The second-order valence-corrected chi connectivity index (χ2v) is 4.53. The van der Waals surface area contributed by atoms with Gasteiger partial charge < -0.3 is 19.8 Å². The zero-order valence-electron chi connectivity index (χ0n) is 7.02. The Balaban J connectivity index is 2.12. The summed E-state index contributed by atoms with van der Waals surface area (Å²) in [6.07, 6.45) is -4.21. The summed E-state index contributed by atoms with van der Waals surface area (Å²) in [6.45, 7) is 0.894. The predicted octanol–water partition coefficient (Wildman–Crippen LogP) is -1.22. The van der Waals surface area contributed by atoms with Crippen LogP contribution >= 0.6 is 7.82 Å². The van der Waals surface area contributed by atoms with Gasteiger partial charge in [-0.3, -0.25) is 9.05 Å². The summed E-state index contributed by atoms with van der Waals surface area (Å²) >= 11 is 0. The first-order valence-electron chi connectivity index (χ1n) is 4.00. The third-order valence-corrected chi connectivity index (χ3v) is 3.09. The first kappa shape index (κ1) is 10.5. The minimum Gasteiger partial charge on any atom is -0.387 e. The lowest BCUT2D eigenvalue weighted by Crippen LogP contribution is -2.55. The topological polar surface area (TPSA) is 105 Å². The Bertz CT molecular complexity index is 267. The molecule has 2 saturated heterocycles. The fourth-order valence-corrected chi connectivity index (χ4v) is 2.33. The maximum atomic E-state index is 11.0. The molecule has 2 rings (SSSR count). The van der Waals surface area contributed by atoms with Crippen LogP contribution in [0.4, 0.5) is 0 Å². The number of hydrogen-bond donors (Lipinski definition) is 3. The number of fused-ring (bicyclic) bond motifs is 1. The van der Waals surface area contributed by atoms with Crippen LogP contribution < -0.4 is 0 Å². The number of phosphoric acid groups is 1. The highest BCUT2D eigenvalue weighted by atomic mass is 31.2. The number of aliphatic hydroxyl groups is 2.